The Kier molecular flexibility index (Phi) is 3.46. The summed E-state index contributed by atoms with van der Waals surface area (Å²) < 4.78 is 6.11. The lowest BCUT2D eigenvalue weighted by Crippen LogP contribution is -2.25. The molecule has 0 radical (unpaired) electrons. The molecule has 0 saturated heterocycles. The molecule has 0 spiro atoms. The van der Waals surface area contributed by atoms with E-state index in [0.29, 0.717) is 5.89 Å². The summed E-state index contributed by atoms with van der Waals surface area (Å²) in [6.45, 7) is 3.76. The second-order valence-corrected chi connectivity index (χ2v) is 4.34. The van der Waals surface area contributed by atoms with Crippen LogP contribution in [0.3, 0.4) is 0 Å². The van der Waals surface area contributed by atoms with Crippen LogP contribution >= 0.6 is 0 Å². The maximum absolute atomic E-state index is 11.7. The first-order chi connectivity index (χ1) is 8.99. The summed E-state index contributed by atoms with van der Waals surface area (Å²) in [5, 5.41) is 12.8. The molecule has 0 aliphatic heterocycles. The number of carbonyl (C=O) groups is 1. The Balaban J connectivity index is 2.37. The molecule has 0 amide bonds. The summed E-state index contributed by atoms with van der Waals surface area (Å²) in [7, 11) is 0. The molecule has 0 aliphatic rings. The smallest absolute Gasteiger partial charge is 0.352 e. The quantitative estimate of drug-likeness (QED) is 0.886. The van der Waals surface area contributed by atoms with E-state index in [0.717, 1.165) is 4.57 Å². The molecule has 0 saturated carbocycles. The van der Waals surface area contributed by atoms with E-state index in [1.165, 1.54) is 18.2 Å². The molecular formula is C12H13N3O4. The number of hydrogen-bond acceptors (Lipinski definition) is 5. The van der Waals surface area contributed by atoms with Crippen LogP contribution in [0.1, 0.15) is 42.0 Å². The summed E-state index contributed by atoms with van der Waals surface area (Å²) in [5.74, 6) is -0.367. The minimum atomic E-state index is -1.18. The number of nitrogens with zero attached hydrogens (tertiary/aromatic N) is 3. The van der Waals surface area contributed by atoms with Crippen LogP contribution in [0.15, 0.2) is 27.5 Å². The largest absolute Gasteiger partial charge is 0.477 e. The highest BCUT2D eigenvalue weighted by Gasteiger charge is 2.15. The number of carboxylic acids is 1. The van der Waals surface area contributed by atoms with Crippen LogP contribution in [0.25, 0.3) is 0 Å². The Morgan fingerprint density at radius 3 is 2.79 bits per heavy atom. The van der Waals surface area contributed by atoms with Gasteiger partial charge in [0.05, 0.1) is 6.54 Å². The number of carboxylic acid groups (broad SMARTS) is 1. The van der Waals surface area contributed by atoms with Crippen molar-refractivity contribution in [3.8, 4) is 0 Å². The molecule has 7 heteroatoms. The van der Waals surface area contributed by atoms with Crippen molar-refractivity contribution in [1.82, 2.24) is 14.7 Å². The predicted octanol–water partition coefficient (Wildman–Crippen LogP) is 1.10. The average molecular weight is 263 g/mol. The van der Waals surface area contributed by atoms with Gasteiger partial charge in [-0.1, -0.05) is 25.1 Å². The monoisotopic (exact) mass is 263 g/mol. The van der Waals surface area contributed by atoms with E-state index in [1.807, 2.05) is 13.8 Å². The molecule has 1 N–H and O–H groups in total. The van der Waals surface area contributed by atoms with Gasteiger partial charge in [-0.25, -0.2) is 4.79 Å². The fourth-order valence-electron chi connectivity index (χ4n) is 1.58. The van der Waals surface area contributed by atoms with Gasteiger partial charge in [-0.3, -0.25) is 9.36 Å². The predicted molar refractivity (Wildman–Crippen MR) is 65.2 cm³/mol. The Morgan fingerprint density at radius 2 is 2.21 bits per heavy atom. The van der Waals surface area contributed by atoms with Gasteiger partial charge in [0.2, 0.25) is 5.89 Å². The Hall–Kier alpha value is -2.44. The molecule has 0 bridgehead atoms. The van der Waals surface area contributed by atoms with Gasteiger partial charge >= 0.3 is 5.97 Å². The third-order valence-corrected chi connectivity index (χ3v) is 2.55. The van der Waals surface area contributed by atoms with Crippen LogP contribution in [0.5, 0.6) is 0 Å². The van der Waals surface area contributed by atoms with E-state index in [1.54, 1.807) is 0 Å². The number of aromatic nitrogens is 3. The Morgan fingerprint density at radius 1 is 1.47 bits per heavy atom. The van der Waals surface area contributed by atoms with Crippen LogP contribution in [-0.2, 0) is 6.54 Å². The van der Waals surface area contributed by atoms with Crippen LogP contribution < -0.4 is 5.56 Å². The number of hydrogen-bond donors (Lipinski definition) is 1. The van der Waals surface area contributed by atoms with Crippen molar-refractivity contribution in [3.05, 3.63) is 46.0 Å². The van der Waals surface area contributed by atoms with Crippen LogP contribution in [0.2, 0.25) is 0 Å². The molecule has 0 aliphatic carbocycles. The van der Waals surface area contributed by atoms with Gasteiger partial charge in [-0.05, 0) is 6.07 Å². The summed E-state index contributed by atoms with van der Waals surface area (Å²) >= 11 is 0. The van der Waals surface area contributed by atoms with Crippen molar-refractivity contribution in [1.29, 1.82) is 0 Å². The lowest BCUT2D eigenvalue weighted by atomic mass is 10.2. The van der Waals surface area contributed by atoms with Crippen molar-refractivity contribution < 1.29 is 14.4 Å². The summed E-state index contributed by atoms with van der Waals surface area (Å²) in [6.07, 6.45) is 0. The normalized spacial score (nSPS) is 10.9. The van der Waals surface area contributed by atoms with Gasteiger partial charge in [0.25, 0.3) is 5.56 Å². The maximum atomic E-state index is 11.7. The molecule has 2 aromatic heterocycles. The van der Waals surface area contributed by atoms with E-state index < -0.39 is 11.5 Å². The Bertz CT molecular complexity index is 657. The van der Waals surface area contributed by atoms with Crippen LogP contribution in [0.4, 0.5) is 0 Å². The first-order valence-electron chi connectivity index (χ1n) is 5.74. The minimum absolute atomic E-state index is 0.0302. The molecule has 0 aromatic carbocycles. The maximum Gasteiger partial charge on any atom is 0.352 e. The molecule has 100 valence electrons. The first-order valence-corrected chi connectivity index (χ1v) is 5.74. The standard InChI is InChI=1S/C12H13N3O4/c1-7(2)11-13-9(14-19-11)6-15-8(12(17)18)4-3-5-10(15)16/h3-5,7H,6H2,1-2H3,(H,17,18). The van der Waals surface area contributed by atoms with Crippen LogP contribution in [-0.4, -0.2) is 25.8 Å². The third kappa shape index (κ3) is 2.70. The summed E-state index contributed by atoms with van der Waals surface area (Å²) in [4.78, 5) is 26.9. The lowest BCUT2D eigenvalue weighted by molar-refractivity contribution is 0.0684. The average Bonchev–Trinajstić information content (AvgIpc) is 2.80. The zero-order valence-electron chi connectivity index (χ0n) is 10.5. The summed E-state index contributed by atoms with van der Waals surface area (Å²) in [6, 6.07) is 4.04. The zero-order valence-corrected chi connectivity index (χ0v) is 10.5. The van der Waals surface area contributed by atoms with Gasteiger partial charge in [0.15, 0.2) is 5.82 Å². The highest BCUT2D eigenvalue weighted by molar-refractivity contribution is 5.85. The molecule has 0 fully saturated rings. The highest BCUT2D eigenvalue weighted by Crippen LogP contribution is 2.11. The molecule has 2 heterocycles. The van der Waals surface area contributed by atoms with Crippen LogP contribution in [0, 0.1) is 0 Å². The fraction of sp³-hybridized carbons (Fsp3) is 0.333. The van der Waals surface area contributed by atoms with E-state index >= 15 is 0 Å². The number of aromatic carboxylic acids is 1. The van der Waals surface area contributed by atoms with Gasteiger partial charge in [-0.2, -0.15) is 4.98 Å². The molecule has 2 rings (SSSR count). The number of rotatable bonds is 4. The minimum Gasteiger partial charge on any atom is -0.477 e. The van der Waals surface area contributed by atoms with Gasteiger partial charge < -0.3 is 9.63 Å². The topological polar surface area (TPSA) is 98.2 Å². The lowest BCUT2D eigenvalue weighted by Gasteiger charge is -2.06. The summed E-state index contributed by atoms with van der Waals surface area (Å²) in [5.41, 5.74) is -0.529. The molecule has 7 nitrogen and oxygen atoms in total. The van der Waals surface area contributed by atoms with Gasteiger partial charge in [0, 0.05) is 12.0 Å². The second-order valence-electron chi connectivity index (χ2n) is 4.34. The van der Waals surface area contributed by atoms with Gasteiger partial charge in [0.1, 0.15) is 5.69 Å². The number of pyridine rings is 1. The van der Waals surface area contributed by atoms with Gasteiger partial charge in [-0.15, -0.1) is 0 Å². The van der Waals surface area contributed by atoms with E-state index in [4.69, 9.17) is 9.63 Å². The molecule has 2 aromatic rings. The van der Waals surface area contributed by atoms with Crippen molar-refractivity contribution in [2.24, 2.45) is 0 Å². The molecule has 0 atom stereocenters. The first kappa shape index (κ1) is 13.0. The van der Waals surface area contributed by atoms with E-state index in [2.05, 4.69) is 10.1 Å². The second kappa shape index (κ2) is 5.05. The SMILES string of the molecule is CC(C)c1nc(Cn2c(C(=O)O)cccc2=O)no1. The van der Waals surface area contributed by atoms with Crippen molar-refractivity contribution in [2.45, 2.75) is 26.3 Å². The molecular weight excluding hydrogens is 250 g/mol. The van der Waals surface area contributed by atoms with Crippen molar-refractivity contribution >= 4 is 5.97 Å². The van der Waals surface area contributed by atoms with Crippen molar-refractivity contribution in [2.75, 3.05) is 0 Å². The third-order valence-electron chi connectivity index (χ3n) is 2.55. The molecule has 0 unspecified atom stereocenters. The fourth-order valence-corrected chi connectivity index (χ4v) is 1.58. The highest BCUT2D eigenvalue weighted by atomic mass is 16.5. The Labute approximate surface area is 108 Å². The van der Waals surface area contributed by atoms with E-state index in [-0.39, 0.29) is 24.0 Å². The molecule has 19 heavy (non-hydrogen) atoms. The van der Waals surface area contributed by atoms with Crippen molar-refractivity contribution in [3.63, 3.8) is 0 Å². The van der Waals surface area contributed by atoms with E-state index in [9.17, 15) is 9.59 Å². The zero-order chi connectivity index (χ0) is 14.0.